The van der Waals surface area contributed by atoms with Crippen LogP contribution < -0.4 is 10.5 Å². The van der Waals surface area contributed by atoms with Gasteiger partial charge in [0.15, 0.2) is 0 Å². The smallest absolute Gasteiger partial charge is 0.119 e. The summed E-state index contributed by atoms with van der Waals surface area (Å²) in [6.07, 6.45) is 7.50. The highest BCUT2D eigenvalue weighted by Gasteiger charge is 2.42. The van der Waals surface area contributed by atoms with E-state index in [9.17, 15) is 0 Å². The summed E-state index contributed by atoms with van der Waals surface area (Å²) in [5.41, 5.74) is 9.45. The molecule has 2 heteroatoms. The molecule has 1 fully saturated rings. The fourth-order valence-electron chi connectivity index (χ4n) is 3.69. The summed E-state index contributed by atoms with van der Waals surface area (Å²) in [7, 11) is 1.73. The van der Waals surface area contributed by atoms with Crippen LogP contribution in [0.5, 0.6) is 5.75 Å². The summed E-state index contributed by atoms with van der Waals surface area (Å²) < 4.78 is 5.35. The molecule has 17 heavy (non-hydrogen) atoms. The summed E-state index contributed by atoms with van der Waals surface area (Å²) >= 11 is 0. The molecule has 2 aliphatic rings. The van der Waals surface area contributed by atoms with E-state index in [0.717, 1.165) is 12.2 Å². The molecule has 2 N–H and O–H groups in total. The first-order chi connectivity index (χ1) is 8.24. The van der Waals surface area contributed by atoms with Gasteiger partial charge in [0.25, 0.3) is 0 Å². The Hall–Kier alpha value is -1.02. The first-order valence-electron chi connectivity index (χ1n) is 6.70. The number of rotatable bonds is 1. The second-order valence-electron chi connectivity index (χ2n) is 5.54. The molecule has 0 aliphatic heterocycles. The van der Waals surface area contributed by atoms with Crippen LogP contribution in [0.2, 0.25) is 0 Å². The standard InChI is InChI=1S/C15H21NO/c1-17-13-8-6-11-5-7-12-4-2-3-9-15(12,16)14(11)10-13/h6,8,10,12H,2-5,7,9,16H2,1H3/t12-,15+/m0/s1. The molecular weight excluding hydrogens is 210 g/mol. The van der Waals surface area contributed by atoms with Gasteiger partial charge < -0.3 is 10.5 Å². The quantitative estimate of drug-likeness (QED) is 0.806. The molecule has 92 valence electrons. The Morgan fingerprint density at radius 3 is 3.00 bits per heavy atom. The SMILES string of the molecule is COc1ccc2c(c1)[C@@]1(N)CCCC[C@H]1CC2. The molecule has 0 aromatic heterocycles. The molecule has 1 aromatic carbocycles. The van der Waals surface area contributed by atoms with Crippen LogP contribution in [0.1, 0.15) is 43.2 Å². The van der Waals surface area contributed by atoms with E-state index < -0.39 is 0 Å². The summed E-state index contributed by atoms with van der Waals surface area (Å²) in [5, 5.41) is 0. The fraction of sp³-hybridized carbons (Fsp3) is 0.600. The van der Waals surface area contributed by atoms with E-state index in [2.05, 4.69) is 18.2 Å². The van der Waals surface area contributed by atoms with E-state index in [4.69, 9.17) is 10.5 Å². The minimum absolute atomic E-state index is 0.0830. The van der Waals surface area contributed by atoms with Crippen molar-refractivity contribution in [3.8, 4) is 5.75 Å². The fourth-order valence-corrected chi connectivity index (χ4v) is 3.69. The lowest BCUT2D eigenvalue weighted by molar-refractivity contribution is 0.165. The molecule has 2 aliphatic carbocycles. The van der Waals surface area contributed by atoms with Gasteiger partial charge in [-0.05, 0) is 54.9 Å². The van der Waals surface area contributed by atoms with E-state index in [0.29, 0.717) is 5.92 Å². The van der Waals surface area contributed by atoms with Gasteiger partial charge in [-0.15, -0.1) is 0 Å². The lowest BCUT2D eigenvalue weighted by Gasteiger charge is -2.46. The van der Waals surface area contributed by atoms with Crippen molar-refractivity contribution in [1.82, 2.24) is 0 Å². The second-order valence-corrected chi connectivity index (χ2v) is 5.54. The van der Waals surface area contributed by atoms with Crippen LogP contribution in [0, 0.1) is 5.92 Å². The number of hydrogen-bond acceptors (Lipinski definition) is 2. The van der Waals surface area contributed by atoms with Crippen molar-refractivity contribution in [3.05, 3.63) is 29.3 Å². The first kappa shape index (κ1) is 11.1. The second kappa shape index (κ2) is 4.02. The molecule has 2 atom stereocenters. The number of aryl methyl sites for hydroxylation is 1. The van der Waals surface area contributed by atoms with Gasteiger partial charge in [0, 0.05) is 5.54 Å². The first-order valence-corrected chi connectivity index (χ1v) is 6.70. The molecule has 0 unspecified atom stereocenters. The third-order valence-corrected chi connectivity index (χ3v) is 4.70. The summed E-state index contributed by atoms with van der Waals surface area (Å²) in [5.74, 6) is 1.62. The molecule has 2 nitrogen and oxygen atoms in total. The third kappa shape index (κ3) is 1.66. The molecule has 1 saturated carbocycles. The van der Waals surface area contributed by atoms with Gasteiger partial charge in [-0.2, -0.15) is 0 Å². The Bertz CT molecular complexity index is 429. The molecule has 0 heterocycles. The van der Waals surface area contributed by atoms with Gasteiger partial charge in [-0.3, -0.25) is 0 Å². The van der Waals surface area contributed by atoms with E-state index in [-0.39, 0.29) is 5.54 Å². The average molecular weight is 231 g/mol. The number of hydrogen-bond donors (Lipinski definition) is 1. The lowest BCUT2D eigenvalue weighted by Crippen LogP contribution is -2.49. The number of methoxy groups -OCH3 is 1. The average Bonchev–Trinajstić information content (AvgIpc) is 2.38. The van der Waals surface area contributed by atoms with Crippen LogP contribution in [-0.2, 0) is 12.0 Å². The van der Waals surface area contributed by atoms with Crippen LogP contribution >= 0.6 is 0 Å². The number of benzene rings is 1. The topological polar surface area (TPSA) is 35.2 Å². The Morgan fingerprint density at radius 2 is 2.18 bits per heavy atom. The van der Waals surface area contributed by atoms with Crippen molar-refractivity contribution >= 4 is 0 Å². The van der Waals surface area contributed by atoms with Gasteiger partial charge in [0.1, 0.15) is 5.75 Å². The molecule has 0 amide bonds. The molecule has 3 rings (SSSR count). The largest absolute Gasteiger partial charge is 0.497 e. The van der Waals surface area contributed by atoms with E-state index >= 15 is 0 Å². The van der Waals surface area contributed by atoms with Gasteiger partial charge in [0.2, 0.25) is 0 Å². The van der Waals surface area contributed by atoms with Gasteiger partial charge in [-0.1, -0.05) is 18.9 Å². The molecule has 0 saturated heterocycles. The Kier molecular flexibility index (Phi) is 2.62. The molecular formula is C15H21NO. The van der Waals surface area contributed by atoms with Crippen LogP contribution in [0.3, 0.4) is 0 Å². The van der Waals surface area contributed by atoms with E-state index in [1.165, 1.54) is 43.2 Å². The molecule has 0 bridgehead atoms. The third-order valence-electron chi connectivity index (χ3n) is 4.70. The Labute approximate surface area is 103 Å². The predicted octanol–water partition coefficient (Wildman–Crippen LogP) is 2.99. The normalized spacial score (nSPS) is 31.5. The monoisotopic (exact) mass is 231 g/mol. The van der Waals surface area contributed by atoms with Gasteiger partial charge >= 0.3 is 0 Å². The zero-order valence-electron chi connectivity index (χ0n) is 10.5. The van der Waals surface area contributed by atoms with Crippen molar-refractivity contribution in [2.24, 2.45) is 11.7 Å². The van der Waals surface area contributed by atoms with Crippen molar-refractivity contribution in [2.75, 3.05) is 7.11 Å². The van der Waals surface area contributed by atoms with Crippen LogP contribution in [0.4, 0.5) is 0 Å². The Morgan fingerprint density at radius 1 is 1.29 bits per heavy atom. The van der Waals surface area contributed by atoms with Gasteiger partial charge in [0.05, 0.1) is 7.11 Å². The maximum Gasteiger partial charge on any atom is 0.119 e. The number of fused-ring (bicyclic) bond motifs is 3. The summed E-state index contributed by atoms with van der Waals surface area (Å²) in [4.78, 5) is 0. The van der Waals surface area contributed by atoms with E-state index in [1.807, 2.05) is 0 Å². The van der Waals surface area contributed by atoms with Crippen molar-refractivity contribution in [1.29, 1.82) is 0 Å². The maximum absolute atomic E-state index is 6.74. The number of nitrogens with two attached hydrogens (primary N) is 1. The molecule has 0 spiro atoms. The van der Waals surface area contributed by atoms with Crippen molar-refractivity contribution in [3.63, 3.8) is 0 Å². The minimum atomic E-state index is -0.0830. The summed E-state index contributed by atoms with van der Waals surface area (Å²) in [6, 6.07) is 6.44. The predicted molar refractivity (Wildman–Crippen MR) is 69.1 cm³/mol. The van der Waals surface area contributed by atoms with Gasteiger partial charge in [-0.25, -0.2) is 0 Å². The highest BCUT2D eigenvalue weighted by Crippen LogP contribution is 2.47. The highest BCUT2D eigenvalue weighted by atomic mass is 16.5. The number of ether oxygens (including phenoxy) is 1. The summed E-state index contributed by atoms with van der Waals surface area (Å²) in [6.45, 7) is 0. The molecule has 1 aromatic rings. The minimum Gasteiger partial charge on any atom is -0.497 e. The zero-order chi connectivity index (χ0) is 11.9. The van der Waals surface area contributed by atoms with Crippen LogP contribution in [0.25, 0.3) is 0 Å². The van der Waals surface area contributed by atoms with E-state index in [1.54, 1.807) is 7.11 Å². The van der Waals surface area contributed by atoms with Crippen LogP contribution in [-0.4, -0.2) is 7.11 Å². The van der Waals surface area contributed by atoms with Crippen molar-refractivity contribution in [2.45, 2.75) is 44.1 Å². The van der Waals surface area contributed by atoms with Crippen LogP contribution in [0.15, 0.2) is 18.2 Å². The lowest BCUT2D eigenvalue weighted by atomic mass is 9.63. The Balaban J connectivity index is 2.08. The zero-order valence-corrected chi connectivity index (χ0v) is 10.5. The molecule has 0 radical (unpaired) electrons. The maximum atomic E-state index is 6.74. The highest BCUT2D eigenvalue weighted by molar-refractivity contribution is 5.42. The van der Waals surface area contributed by atoms with Crippen molar-refractivity contribution < 1.29 is 4.74 Å².